The highest BCUT2D eigenvalue weighted by molar-refractivity contribution is 5.78. The average molecular weight is 277 g/mol. The largest absolute Gasteiger partial charge is 0.496 e. The van der Waals surface area contributed by atoms with Crippen molar-refractivity contribution in [3.63, 3.8) is 0 Å². The van der Waals surface area contributed by atoms with Crippen molar-refractivity contribution >= 4 is 5.91 Å². The van der Waals surface area contributed by atoms with E-state index in [4.69, 9.17) is 9.47 Å². The Kier molecular flexibility index (Phi) is 6.81. The molecule has 0 saturated carbocycles. The van der Waals surface area contributed by atoms with E-state index in [1.807, 2.05) is 32.0 Å². The minimum absolute atomic E-state index is 0.0187. The number of rotatable bonds is 8. The van der Waals surface area contributed by atoms with Gasteiger partial charge in [0.2, 0.25) is 5.91 Å². The molecule has 4 heteroatoms. The van der Waals surface area contributed by atoms with Crippen molar-refractivity contribution in [3.05, 3.63) is 41.5 Å². The Balaban J connectivity index is 2.33. The fourth-order valence-electron chi connectivity index (χ4n) is 1.73. The van der Waals surface area contributed by atoms with Crippen molar-refractivity contribution in [2.45, 2.75) is 20.3 Å². The first-order valence-corrected chi connectivity index (χ1v) is 6.65. The number of nitrogens with one attached hydrogen (secondary N) is 1. The molecule has 1 aromatic rings. The highest BCUT2D eigenvalue weighted by Crippen LogP contribution is 2.19. The van der Waals surface area contributed by atoms with Gasteiger partial charge in [0.15, 0.2) is 0 Å². The van der Waals surface area contributed by atoms with Crippen molar-refractivity contribution in [2.24, 2.45) is 0 Å². The van der Waals surface area contributed by atoms with Gasteiger partial charge in [-0.25, -0.2) is 0 Å². The van der Waals surface area contributed by atoms with Crippen LogP contribution in [0.4, 0.5) is 0 Å². The van der Waals surface area contributed by atoms with Crippen LogP contribution in [0.25, 0.3) is 0 Å². The summed E-state index contributed by atoms with van der Waals surface area (Å²) in [6.45, 7) is 9.16. The summed E-state index contributed by atoms with van der Waals surface area (Å²) < 4.78 is 10.6. The Bertz CT molecular complexity index is 469. The fourth-order valence-corrected chi connectivity index (χ4v) is 1.73. The van der Waals surface area contributed by atoms with Gasteiger partial charge in [-0.15, -0.1) is 0 Å². The molecule has 0 aliphatic rings. The molecule has 0 aliphatic carbocycles. The molecule has 110 valence electrons. The predicted octanol–water partition coefficient (Wildman–Crippen LogP) is 2.26. The second-order valence-electron chi connectivity index (χ2n) is 4.84. The van der Waals surface area contributed by atoms with Gasteiger partial charge in [0.1, 0.15) is 5.75 Å². The van der Waals surface area contributed by atoms with Crippen LogP contribution in [0.15, 0.2) is 30.4 Å². The van der Waals surface area contributed by atoms with Crippen molar-refractivity contribution in [3.8, 4) is 5.75 Å². The van der Waals surface area contributed by atoms with Crippen molar-refractivity contribution < 1.29 is 14.3 Å². The van der Waals surface area contributed by atoms with E-state index in [1.165, 1.54) is 0 Å². The lowest BCUT2D eigenvalue weighted by Gasteiger charge is -2.09. The fraction of sp³-hybridized carbons (Fsp3) is 0.438. The first kappa shape index (κ1) is 16.2. The van der Waals surface area contributed by atoms with Gasteiger partial charge in [-0.1, -0.05) is 24.3 Å². The number of carbonyl (C=O) groups excluding carboxylic acids is 1. The molecule has 0 aromatic heterocycles. The molecule has 0 heterocycles. The van der Waals surface area contributed by atoms with E-state index in [0.29, 0.717) is 26.2 Å². The van der Waals surface area contributed by atoms with Gasteiger partial charge in [-0.05, 0) is 31.0 Å². The van der Waals surface area contributed by atoms with E-state index >= 15 is 0 Å². The van der Waals surface area contributed by atoms with Gasteiger partial charge in [0.05, 0.1) is 26.7 Å². The molecule has 0 radical (unpaired) electrons. The number of amides is 1. The van der Waals surface area contributed by atoms with Crippen LogP contribution in [0.1, 0.15) is 18.1 Å². The van der Waals surface area contributed by atoms with Gasteiger partial charge in [-0.3, -0.25) is 4.79 Å². The number of carbonyl (C=O) groups is 1. The highest BCUT2D eigenvalue weighted by Gasteiger charge is 2.05. The van der Waals surface area contributed by atoms with Crippen molar-refractivity contribution in [1.29, 1.82) is 0 Å². The number of ether oxygens (including phenoxy) is 2. The maximum Gasteiger partial charge on any atom is 0.224 e. The molecule has 0 bridgehead atoms. The van der Waals surface area contributed by atoms with Crippen LogP contribution < -0.4 is 10.1 Å². The molecule has 0 fully saturated rings. The zero-order chi connectivity index (χ0) is 15.0. The van der Waals surface area contributed by atoms with Crippen LogP contribution in [0.3, 0.4) is 0 Å². The maximum atomic E-state index is 11.8. The quantitative estimate of drug-likeness (QED) is 0.585. The number of methoxy groups -OCH3 is 1. The zero-order valence-electron chi connectivity index (χ0n) is 12.5. The van der Waals surface area contributed by atoms with E-state index in [1.54, 1.807) is 7.11 Å². The van der Waals surface area contributed by atoms with Crippen LogP contribution in [0, 0.1) is 6.92 Å². The van der Waals surface area contributed by atoms with Crippen LogP contribution in [-0.2, 0) is 16.0 Å². The second-order valence-corrected chi connectivity index (χ2v) is 4.84. The number of hydrogen-bond acceptors (Lipinski definition) is 3. The van der Waals surface area contributed by atoms with Crippen LogP contribution >= 0.6 is 0 Å². The van der Waals surface area contributed by atoms with Crippen LogP contribution in [-0.4, -0.2) is 32.8 Å². The summed E-state index contributed by atoms with van der Waals surface area (Å²) in [4.78, 5) is 11.8. The second kappa shape index (κ2) is 8.38. The topological polar surface area (TPSA) is 47.6 Å². The van der Waals surface area contributed by atoms with E-state index in [2.05, 4.69) is 11.9 Å². The van der Waals surface area contributed by atoms with Gasteiger partial charge >= 0.3 is 0 Å². The molecule has 1 amide bonds. The summed E-state index contributed by atoms with van der Waals surface area (Å²) in [6.07, 6.45) is 0.344. The Morgan fingerprint density at radius 2 is 2.15 bits per heavy atom. The Hall–Kier alpha value is -1.81. The smallest absolute Gasteiger partial charge is 0.224 e. The van der Waals surface area contributed by atoms with Crippen LogP contribution in [0.2, 0.25) is 0 Å². The number of hydrogen-bond donors (Lipinski definition) is 1. The first-order chi connectivity index (χ1) is 9.52. The molecule has 0 unspecified atom stereocenters. The number of benzene rings is 1. The molecular weight excluding hydrogens is 254 g/mol. The zero-order valence-corrected chi connectivity index (χ0v) is 12.5. The highest BCUT2D eigenvalue weighted by atomic mass is 16.5. The predicted molar refractivity (Wildman–Crippen MR) is 80.1 cm³/mol. The Morgan fingerprint density at radius 1 is 1.40 bits per heavy atom. The molecule has 1 aromatic carbocycles. The molecule has 0 saturated heterocycles. The average Bonchev–Trinajstić information content (AvgIpc) is 2.40. The van der Waals surface area contributed by atoms with E-state index < -0.39 is 0 Å². The van der Waals surface area contributed by atoms with Gasteiger partial charge in [0, 0.05) is 6.54 Å². The summed E-state index contributed by atoms with van der Waals surface area (Å²) in [5.41, 5.74) is 2.97. The third kappa shape index (κ3) is 5.89. The molecule has 20 heavy (non-hydrogen) atoms. The van der Waals surface area contributed by atoms with Crippen LogP contribution in [0.5, 0.6) is 5.75 Å². The Labute approximate surface area is 120 Å². The summed E-state index contributed by atoms with van der Waals surface area (Å²) in [7, 11) is 1.63. The normalized spacial score (nSPS) is 10.2. The molecular formula is C16H23NO3. The van der Waals surface area contributed by atoms with Crippen molar-refractivity contribution in [2.75, 3.05) is 26.9 Å². The van der Waals surface area contributed by atoms with Crippen molar-refractivity contribution in [1.82, 2.24) is 5.32 Å². The SMILES string of the molecule is C=C(C)COCCNC(=O)Cc1ccc(C)c(OC)c1. The monoisotopic (exact) mass is 277 g/mol. The minimum atomic E-state index is -0.0187. The Morgan fingerprint density at radius 3 is 2.80 bits per heavy atom. The summed E-state index contributed by atoms with van der Waals surface area (Å²) in [6, 6.07) is 5.79. The van der Waals surface area contributed by atoms with Gasteiger partial charge < -0.3 is 14.8 Å². The summed E-state index contributed by atoms with van der Waals surface area (Å²) >= 11 is 0. The number of aryl methyl sites for hydroxylation is 1. The molecule has 1 rings (SSSR count). The maximum absolute atomic E-state index is 11.8. The summed E-state index contributed by atoms with van der Waals surface area (Å²) in [5, 5.41) is 2.82. The molecule has 0 atom stereocenters. The molecule has 4 nitrogen and oxygen atoms in total. The first-order valence-electron chi connectivity index (χ1n) is 6.65. The molecule has 1 N–H and O–H groups in total. The third-order valence-corrected chi connectivity index (χ3v) is 2.75. The standard InChI is InChI=1S/C16H23NO3/c1-12(2)11-20-8-7-17-16(18)10-14-6-5-13(3)15(9-14)19-4/h5-6,9H,1,7-8,10-11H2,2-4H3,(H,17,18). The van der Waals surface area contributed by atoms with E-state index in [9.17, 15) is 4.79 Å². The lowest BCUT2D eigenvalue weighted by Crippen LogP contribution is -2.28. The lowest BCUT2D eigenvalue weighted by molar-refractivity contribution is -0.120. The third-order valence-electron chi connectivity index (χ3n) is 2.75. The lowest BCUT2D eigenvalue weighted by atomic mass is 10.1. The molecule has 0 spiro atoms. The minimum Gasteiger partial charge on any atom is -0.496 e. The van der Waals surface area contributed by atoms with E-state index in [0.717, 1.165) is 22.4 Å². The summed E-state index contributed by atoms with van der Waals surface area (Å²) in [5.74, 6) is 0.787. The van der Waals surface area contributed by atoms with Gasteiger partial charge in [-0.2, -0.15) is 0 Å². The molecule has 0 aliphatic heterocycles. The van der Waals surface area contributed by atoms with E-state index in [-0.39, 0.29) is 5.91 Å². The van der Waals surface area contributed by atoms with Gasteiger partial charge in [0.25, 0.3) is 0 Å².